The third-order valence-corrected chi connectivity index (χ3v) is 6.81. The van der Waals surface area contributed by atoms with Crippen molar-refractivity contribution >= 4 is 11.9 Å². The quantitative estimate of drug-likeness (QED) is 0.0702. The van der Waals surface area contributed by atoms with Gasteiger partial charge in [0.25, 0.3) is 0 Å². The van der Waals surface area contributed by atoms with Crippen LogP contribution in [-0.2, 0) is 9.59 Å². The molecule has 1 rings (SSSR count). The van der Waals surface area contributed by atoms with Crippen LogP contribution >= 0.6 is 0 Å². The molecule has 0 spiro atoms. The standard InChI is InChI=1S/C32H53NO6/c1-6-8-9-10-11-14-19-28(34)26(3)18-13-12-16-24-38-29-22-21-27(25-30(29)39-32(36)7-2)37-23-17-15-20-31(35)33(4)5/h16,21-22,24-26,28,34H,6-15,17-20,23H2,1-5H3. The van der Waals surface area contributed by atoms with Gasteiger partial charge in [-0.1, -0.05) is 59.3 Å². The van der Waals surface area contributed by atoms with E-state index in [1.54, 1.807) is 50.4 Å². The van der Waals surface area contributed by atoms with Crippen molar-refractivity contribution in [3.8, 4) is 17.2 Å². The Bertz CT molecular complexity index is 838. The summed E-state index contributed by atoms with van der Waals surface area (Å²) in [6, 6.07) is 5.17. The molecule has 39 heavy (non-hydrogen) atoms. The number of hydrogen-bond donors (Lipinski definition) is 1. The molecule has 2 unspecified atom stereocenters. The molecule has 1 aromatic carbocycles. The predicted octanol–water partition coefficient (Wildman–Crippen LogP) is 7.45. The van der Waals surface area contributed by atoms with E-state index in [1.807, 2.05) is 6.08 Å². The Balaban J connectivity index is 2.44. The van der Waals surface area contributed by atoms with Crippen LogP contribution in [0, 0.1) is 5.92 Å². The minimum absolute atomic E-state index is 0.105. The Hall–Kier alpha value is -2.54. The molecule has 7 heteroatoms. The largest absolute Gasteiger partial charge is 0.493 e. The first-order chi connectivity index (χ1) is 18.8. The highest BCUT2D eigenvalue weighted by atomic mass is 16.6. The molecule has 0 saturated carbocycles. The number of benzene rings is 1. The van der Waals surface area contributed by atoms with Gasteiger partial charge in [0.15, 0.2) is 11.5 Å². The van der Waals surface area contributed by atoms with E-state index in [0.717, 1.165) is 44.9 Å². The van der Waals surface area contributed by atoms with Crippen molar-refractivity contribution in [1.82, 2.24) is 4.90 Å². The summed E-state index contributed by atoms with van der Waals surface area (Å²) in [4.78, 5) is 25.2. The minimum Gasteiger partial charge on any atom is -0.493 e. The molecule has 1 aromatic rings. The Morgan fingerprint density at radius 1 is 0.949 bits per heavy atom. The maximum absolute atomic E-state index is 11.9. The van der Waals surface area contributed by atoms with Gasteiger partial charge in [-0.25, -0.2) is 0 Å². The van der Waals surface area contributed by atoms with E-state index < -0.39 is 0 Å². The highest BCUT2D eigenvalue weighted by molar-refractivity contribution is 5.75. The van der Waals surface area contributed by atoms with E-state index in [2.05, 4.69) is 13.8 Å². The molecule has 0 radical (unpaired) electrons. The maximum atomic E-state index is 11.9. The number of carbonyl (C=O) groups excluding carboxylic acids is 2. The molecule has 0 aliphatic heterocycles. The Labute approximate surface area is 236 Å². The van der Waals surface area contributed by atoms with E-state index in [4.69, 9.17) is 14.2 Å². The number of aliphatic hydroxyl groups excluding tert-OH is 1. The number of ether oxygens (including phenoxy) is 3. The topological polar surface area (TPSA) is 85.3 Å². The van der Waals surface area contributed by atoms with Gasteiger partial charge < -0.3 is 24.2 Å². The molecule has 0 bridgehead atoms. The minimum atomic E-state index is -0.350. The van der Waals surface area contributed by atoms with Crippen molar-refractivity contribution in [2.75, 3.05) is 20.7 Å². The summed E-state index contributed by atoms with van der Waals surface area (Å²) >= 11 is 0. The van der Waals surface area contributed by atoms with E-state index in [-0.39, 0.29) is 30.3 Å². The molecular formula is C32H53NO6. The Kier molecular flexibility index (Phi) is 18.8. The SMILES string of the molecule is CCCCCCCCC(O)C(C)CCCC=COc1ccc(OCCCCC(=O)N(C)C)cc1OC(=O)CC. The molecule has 1 amide bonds. The lowest BCUT2D eigenvalue weighted by molar-refractivity contribution is -0.134. The average Bonchev–Trinajstić information content (AvgIpc) is 2.92. The zero-order valence-electron chi connectivity index (χ0n) is 25.1. The first kappa shape index (κ1) is 34.5. The van der Waals surface area contributed by atoms with Gasteiger partial charge in [-0.15, -0.1) is 0 Å². The Morgan fingerprint density at radius 3 is 2.41 bits per heavy atom. The highest BCUT2D eigenvalue weighted by Crippen LogP contribution is 2.32. The molecule has 1 N–H and O–H groups in total. The van der Waals surface area contributed by atoms with E-state index in [9.17, 15) is 14.7 Å². The van der Waals surface area contributed by atoms with E-state index in [0.29, 0.717) is 30.3 Å². The number of amides is 1. The first-order valence-corrected chi connectivity index (χ1v) is 15.0. The summed E-state index contributed by atoms with van der Waals surface area (Å²) < 4.78 is 17.0. The normalized spacial score (nSPS) is 12.8. The number of carbonyl (C=O) groups is 2. The van der Waals surface area contributed by atoms with Crippen molar-refractivity contribution in [1.29, 1.82) is 0 Å². The molecular weight excluding hydrogens is 494 g/mol. The van der Waals surface area contributed by atoms with Crippen molar-refractivity contribution in [3.63, 3.8) is 0 Å². The monoisotopic (exact) mass is 547 g/mol. The Morgan fingerprint density at radius 2 is 1.69 bits per heavy atom. The molecule has 0 heterocycles. The van der Waals surface area contributed by atoms with Gasteiger partial charge >= 0.3 is 5.97 Å². The number of nitrogens with zero attached hydrogens (tertiary/aromatic N) is 1. The fraction of sp³-hybridized carbons (Fsp3) is 0.688. The summed E-state index contributed by atoms with van der Waals surface area (Å²) in [6.07, 6.45) is 16.7. The van der Waals surface area contributed by atoms with Crippen LogP contribution in [0.15, 0.2) is 30.5 Å². The number of allylic oxidation sites excluding steroid dienone is 1. The van der Waals surface area contributed by atoms with Crippen LogP contribution in [-0.4, -0.2) is 48.7 Å². The smallest absolute Gasteiger partial charge is 0.311 e. The number of hydrogen-bond acceptors (Lipinski definition) is 6. The maximum Gasteiger partial charge on any atom is 0.311 e. The van der Waals surface area contributed by atoms with Crippen molar-refractivity contribution in [2.24, 2.45) is 5.92 Å². The van der Waals surface area contributed by atoms with Crippen LogP contribution in [0.2, 0.25) is 0 Å². The predicted molar refractivity (Wildman–Crippen MR) is 157 cm³/mol. The van der Waals surface area contributed by atoms with E-state index in [1.165, 1.54) is 32.1 Å². The lowest BCUT2D eigenvalue weighted by Crippen LogP contribution is -2.21. The summed E-state index contributed by atoms with van der Waals surface area (Å²) in [6.45, 7) is 6.56. The van der Waals surface area contributed by atoms with Gasteiger partial charge in [-0.2, -0.15) is 0 Å². The molecule has 7 nitrogen and oxygen atoms in total. The summed E-state index contributed by atoms with van der Waals surface area (Å²) in [5.41, 5.74) is 0. The number of esters is 1. The van der Waals surface area contributed by atoms with Gasteiger partial charge in [0.2, 0.25) is 5.91 Å². The van der Waals surface area contributed by atoms with Crippen LogP contribution < -0.4 is 14.2 Å². The summed E-state index contributed by atoms with van der Waals surface area (Å²) in [5.74, 6) is 1.39. The van der Waals surface area contributed by atoms with Crippen LogP contribution in [0.5, 0.6) is 17.2 Å². The van der Waals surface area contributed by atoms with E-state index >= 15 is 0 Å². The second-order valence-electron chi connectivity index (χ2n) is 10.6. The average molecular weight is 548 g/mol. The number of unbranched alkanes of at least 4 members (excludes halogenated alkanes) is 7. The van der Waals surface area contributed by atoms with Crippen molar-refractivity contribution in [3.05, 3.63) is 30.5 Å². The molecule has 0 fully saturated rings. The molecule has 0 saturated heterocycles. The third kappa shape index (κ3) is 16.2. The summed E-state index contributed by atoms with van der Waals surface area (Å²) in [7, 11) is 3.50. The highest BCUT2D eigenvalue weighted by Gasteiger charge is 2.14. The first-order valence-electron chi connectivity index (χ1n) is 15.0. The van der Waals surface area contributed by atoms with Gasteiger partial charge in [0, 0.05) is 33.0 Å². The summed E-state index contributed by atoms with van der Waals surface area (Å²) in [5, 5.41) is 10.4. The fourth-order valence-corrected chi connectivity index (χ4v) is 4.10. The van der Waals surface area contributed by atoms with Crippen LogP contribution in [0.3, 0.4) is 0 Å². The van der Waals surface area contributed by atoms with Crippen molar-refractivity contribution < 1.29 is 28.9 Å². The van der Waals surface area contributed by atoms with Gasteiger partial charge in [0.1, 0.15) is 5.75 Å². The molecule has 0 aliphatic rings. The lowest BCUT2D eigenvalue weighted by Gasteiger charge is -2.18. The molecule has 0 aliphatic carbocycles. The van der Waals surface area contributed by atoms with Crippen LogP contribution in [0.1, 0.15) is 111 Å². The third-order valence-electron chi connectivity index (χ3n) is 6.81. The van der Waals surface area contributed by atoms with Gasteiger partial charge in [-0.05, 0) is 62.7 Å². The zero-order valence-corrected chi connectivity index (χ0v) is 25.1. The molecule has 2 atom stereocenters. The number of aliphatic hydroxyl groups is 1. The second kappa shape index (κ2) is 21.3. The number of rotatable bonds is 22. The van der Waals surface area contributed by atoms with Crippen LogP contribution in [0.4, 0.5) is 0 Å². The van der Waals surface area contributed by atoms with Gasteiger partial charge in [-0.3, -0.25) is 9.59 Å². The van der Waals surface area contributed by atoms with Gasteiger partial charge in [0.05, 0.1) is 19.0 Å². The molecule has 222 valence electrons. The van der Waals surface area contributed by atoms with Crippen LogP contribution in [0.25, 0.3) is 0 Å². The zero-order chi connectivity index (χ0) is 28.9. The molecule has 0 aromatic heterocycles. The fourth-order valence-electron chi connectivity index (χ4n) is 4.10. The second-order valence-corrected chi connectivity index (χ2v) is 10.6. The van der Waals surface area contributed by atoms with Crippen molar-refractivity contribution in [2.45, 2.75) is 117 Å². The lowest BCUT2D eigenvalue weighted by atomic mass is 9.94.